The van der Waals surface area contributed by atoms with E-state index in [0.717, 1.165) is 0 Å². The van der Waals surface area contributed by atoms with E-state index >= 15 is 0 Å². The summed E-state index contributed by atoms with van der Waals surface area (Å²) in [7, 11) is -1.01. The molecule has 2 aromatic rings. The van der Waals surface area contributed by atoms with Crippen molar-refractivity contribution in [1.29, 1.82) is 0 Å². The van der Waals surface area contributed by atoms with Crippen molar-refractivity contribution in [2.75, 3.05) is 52.4 Å². The van der Waals surface area contributed by atoms with Crippen LogP contribution in [0.25, 0.3) is 0 Å². The highest BCUT2D eigenvalue weighted by atomic mass is 35.5. The Kier molecular flexibility index (Phi) is 8.14. The minimum absolute atomic E-state index is 0.0279. The van der Waals surface area contributed by atoms with E-state index in [-0.39, 0.29) is 45.8 Å². The molecule has 33 heavy (non-hydrogen) atoms. The van der Waals surface area contributed by atoms with Crippen LogP contribution < -0.4 is 14.8 Å². The molecule has 0 radical (unpaired) electrons. The minimum Gasteiger partial charge on any atom is -0.496 e. The molecule has 1 amide bonds. The summed E-state index contributed by atoms with van der Waals surface area (Å²) in [6, 6.07) is 8.74. The second-order valence-corrected chi connectivity index (χ2v) is 9.17. The first kappa shape index (κ1) is 24.8. The molecule has 0 aromatic heterocycles. The number of nitrogens with zero attached hydrogens (tertiary/aromatic N) is 1. The number of anilines is 1. The van der Waals surface area contributed by atoms with E-state index in [0.29, 0.717) is 13.2 Å². The number of carbonyl (C=O) groups is 2. The van der Waals surface area contributed by atoms with E-state index in [2.05, 4.69) is 5.32 Å². The first-order valence-corrected chi connectivity index (χ1v) is 11.6. The molecule has 0 aliphatic carbocycles. The molecule has 1 aliphatic rings. The van der Waals surface area contributed by atoms with Gasteiger partial charge in [-0.25, -0.2) is 13.2 Å². The molecular formula is C21H23ClN2O8S. The number of nitrogens with one attached hydrogen (secondary N) is 1. The third-order valence-electron chi connectivity index (χ3n) is 4.79. The topological polar surface area (TPSA) is 120 Å². The maximum absolute atomic E-state index is 12.9. The third-order valence-corrected chi connectivity index (χ3v) is 7.01. The molecule has 0 spiro atoms. The average molecular weight is 499 g/mol. The lowest BCUT2D eigenvalue weighted by atomic mass is 10.2. The van der Waals surface area contributed by atoms with Gasteiger partial charge in [0.05, 0.1) is 43.0 Å². The fourth-order valence-electron chi connectivity index (χ4n) is 3.14. The van der Waals surface area contributed by atoms with Gasteiger partial charge < -0.3 is 24.3 Å². The Bertz CT molecular complexity index is 1110. The quantitative estimate of drug-likeness (QED) is 0.550. The zero-order valence-electron chi connectivity index (χ0n) is 18.0. The average Bonchev–Trinajstić information content (AvgIpc) is 2.83. The van der Waals surface area contributed by atoms with E-state index in [1.54, 1.807) is 18.2 Å². The van der Waals surface area contributed by atoms with Crippen LogP contribution >= 0.6 is 11.6 Å². The van der Waals surface area contributed by atoms with Gasteiger partial charge in [0.2, 0.25) is 10.0 Å². The van der Waals surface area contributed by atoms with E-state index in [1.165, 1.54) is 36.7 Å². The largest absolute Gasteiger partial charge is 0.496 e. The van der Waals surface area contributed by atoms with Crippen LogP contribution in [0.2, 0.25) is 5.02 Å². The number of morpholine rings is 1. The van der Waals surface area contributed by atoms with Crippen molar-refractivity contribution >= 4 is 39.2 Å². The first-order chi connectivity index (χ1) is 15.8. The van der Waals surface area contributed by atoms with Crippen molar-refractivity contribution in [2.24, 2.45) is 0 Å². The molecule has 1 aliphatic heterocycles. The summed E-state index contributed by atoms with van der Waals surface area (Å²) in [4.78, 5) is 24.9. The lowest BCUT2D eigenvalue weighted by Gasteiger charge is -2.26. The fourth-order valence-corrected chi connectivity index (χ4v) is 4.74. The molecule has 10 nitrogen and oxygen atoms in total. The normalized spacial score (nSPS) is 14.4. The molecule has 0 bridgehead atoms. The summed E-state index contributed by atoms with van der Waals surface area (Å²) in [5.74, 6) is -1.08. The van der Waals surface area contributed by atoms with Crippen molar-refractivity contribution in [2.45, 2.75) is 4.90 Å². The smallest absolute Gasteiger partial charge is 0.346 e. The number of benzene rings is 2. The van der Waals surface area contributed by atoms with Crippen LogP contribution in [0.3, 0.4) is 0 Å². The second-order valence-electron chi connectivity index (χ2n) is 6.82. The number of sulfonamides is 1. The molecule has 0 saturated carbocycles. The molecule has 2 aromatic carbocycles. The number of ether oxygens (including phenoxy) is 4. The highest BCUT2D eigenvalue weighted by Crippen LogP contribution is 2.29. The molecule has 0 atom stereocenters. The number of rotatable bonds is 8. The maximum Gasteiger partial charge on any atom is 0.346 e. The summed E-state index contributed by atoms with van der Waals surface area (Å²) in [6.45, 7) is 0.429. The van der Waals surface area contributed by atoms with Crippen LogP contribution in [-0.4, -0.2) is 71.7 Å². The molecule has 3 rings (SSSR count). The van der Waals surface area contributed by atoms with Gasteiger partial charge in [0.25, 0.3) is 5.91 Å². The van der Waals surface area contributed by atoms with Crippen LogP contribution in [-0.2, 0) is 24.3 Å². The van der Waals surface area contributed by atoms with Gasteiger partial charge in [0, 0.05) is 13.1 Å². The van der Waals surface area contributed by atoms with Crippen molar-refractivity contribution in [3.05, 3.63) is 47.0 Å². The Morgan fingerprint density at radius 3 is 2.33 bits per heavy atom. The molecule has 0 unspecified atom stereocenters. The summed E-state index contributed by atoms with van der Waals surface area (Å²) in [6.07, 6.45) is 0. The van der Waals surface area contributed by atoms with Crippen molar-refractivity contribution in [1.82, 2.24) is 4.31 Å². The third kappa shape index (κ3) is 5.74. The Labute approximate surface area is 196 Å². The summed E-state index contributed by atoms with van der Waals surface area (Å²) < 4.78 is 47.6. The number of methoxy groups -OCH3 is 2. The van der Waals surface area contributed by atoms with Gasteiger partial charge in [0.15, 0.2) is 6.61 Å². The second kappa shape index (κ2) is 10.8. The summed E-state index contributed by atoms with van der Waals surface area (Å²) >= 11 is 6.13. The first-order valence-electron chi connectivity index (χ1n) is 9.83. The predicted molar refractivity (Wildman–Crippen MR) is 119 cm³/mol. The standard InChI is InChI=1S/C21H23ClN2O8S/c1-29-17-4-3-5-18(30-2)20(17)21(26)32-13-19(25)23-16-12-14(6-7-15(16)22)33(27,28)24-8-10-31-11-9-24/h3-7,12H,8-11,13H2,1-2H3,(H,23,25). The van der Waals surface area contributed by atoms with Crippen LogP contribution in [0, 0.1) is 0 Å². The Morgan fingerprint density at radius 2 is 1.73 bits per heavy atom. The molecular weight excluding hydrogens is 476 g/mol. The highest BCUT2D eigenvalue weighted by molar-refractivity contribution is 7.89. The summed E-state index contributed by atoms with van der Waals surface area (Å²) in [5.41, 5.74) is 0.105. The summed E-state index contributed by atoms with van der Waals surface area (Å²) in [5, 5.41) is 2.60. The zero-order valence-corrected chi connectivity index (χ0v) is 19.6. The Hall–Kier alpha value is -2.86. The van der Waals surface area contributed by atoms with E-state index < -0.39 is 28.5 Å². The van der Waals surface area contributed by atoms with Gasteiger partial charge in [-0.2, -0.15) is 4.31 Å². The van der Waals surface area contributed by atoms with Gasteiger partial charge in [-0.3, -0.25) is 4.79 Å². The fraction of sp³-hybridized carbons (Fsp3) is 0.333. The number of carbonyl (C=O) groups excluding carboxylic acids is 2. The monoisotopic (exact) mass is 498 g/mol. The number of esters is 1. The SMILES string of the molecule is COc1cccc(OC)c1C(=O)OCC(=O)Nc1cc(S(=O)(=O)N2CCOCC2)ccc1Cl. The van der Waals surface area contributed by atoms with Crippen molar-refractivity contribution in [3.63, 3.8) is 0 Å². The Morgan fingerprint density at radius 1 is 1.09 bits per heavy atom. The molecule has 1 saturated heterocycles. The van der Waals surface area contributed by atoms with Gasteiger partial charge in [0.1, 0.15) is 17.1 Å². The van der Waals surface area contributed by atoms with Crippen LogP contribution in [0.4, 0.5) is 5.69 Å². The lowest BCUT2D eigenvalue weighted by molar-refractivity contribution is -0.119. The van der Waals surface area contributed by atoms with Gasteiger partial charge in [-0.05, 0) is 30.3 Å². The van der Waals surface area contributed by atoms with Crippen LogP contribution in [0.1, 0.15) is 10.4 Å². The van der Waals surface area contributed by atoms with E-state index in [1.807, 2.05) is 0 Å². The van der Waals surface area contributed by atoms with Gasteiger partial charge in [-0.15, -0.1) is 0 Å². The van der Waals surface area contributed by atoms with Crippen LogP contribution in [0.15, 0.2) is 41.3 Å². The van der Waals surface area contributed by atoms with E-state index in [4.69, 9.17) is 30.5 Å². The lowest BCUT2D eigenvalue weighted by Crippen LogP contribution is -2.40. The van der Waals surface area contributed by atoms with Crippen molar-refractivity contribution < 1.29 is 37.0 Å². The van der Waals surface area contributed by atoms with Gasteiger partial charge >= 0.3 is 5.97 Å². The number of halogens is 1. The molecule has 1 N–H and O–H groups in total. The van der Waals surface area contributed by atoms with E-state index in [9.17, 15) is 18.0 Å². The zero-order chi connectivity index (χ0) is 24.0. The predicted octanol–water partition coefficient (Wildman–Crippen LogP) is 2.17. The highest BCUT2D eigenvalue weighted by Gasteiger charge is 2.27. The van der Waals surface area contributed by atoms with Crippen LogP contribution in [0.5, 0.6) is 11.5 Å². The molecule has 1 heterocycles. The number of amides is 1. The molecule has 12 heteroatoms. The molecule has 178 valence electrons. The number of hydrogen-bond acceptors (Lipinski definition) is 8. The maximum atomic E-state index is 12.9. The minimum atomic E-state index is -3.78. The molecule has 1 fully saturated rings. The van der Waals surface area contributed by atoms with Crippen molar-refractivity contribution in [3.8, 4) is 11.5 Å². The van der Waals surface area contributed by atoms with Gasteiger partial charge in [-0.1, -0.05) is 17.7 Å². The number of hydrogen-bond donors (Lipinski definition) is 1. The Balaban J connectivity index is 1.70.